The zero-order valence-corrected chi connectivity index (χ0v) is 10.6. The summed E-state index contributed by atoms with van der Waals surface area (Å²) < 4.78 is 0. The summed E-state index contributed by atoms with van der Waals surface area (Å²) in [6.07, 6.45) is 5.37. The standard InChI is InChI=1S/C13H21NS/c1-3-13(5-6-13)10-14-11(2)8-12-4-7-15-9-12/h4,7,9,11,14H,3,5-6,8,10H2,1-2H3. The van der Waals surface area contributed by atoms with Gasteiger partial charge in [-0.3, -0.25) is 0 Å². The fourth-order valence-electron chi connectivity index (χ4n) is 2.06. The molecule has 1 aliphatic rings. The molecule has 0 aliphatic heterocycles. The Balaban J connectivity index is 1.71. The molecule has 1 aromatic rings. The Hall–Kier alpha value is -0.340. The number of hydrogen-bond donors (Lipinski definition) is 1. The third kappa shape index (κ3) is 3.05. The number of thiophene rings is 1. The van der Waals surface area contributed by atoms with Crippen LogP contribution in [0.3, 0.4) is 0 Å². The molecule has 15 heavy (non-hydrogen) atoms. The Kier molecular flexibility index (Phi) is 3.47. The number of hydrogen-bond acceptors (Lipinski definition) is 2. The van der Waals surface area contributed by atoms with Crippen molar-refractivity contribution in [3.8, 4) is 0 Å². The first-order valence-corrected chi connectivity index (χ1v) is 6.93. The van der Waals surface area contributed by atoms with Gasteiger partial charge in [-0.1, -0.05) is 6.92 Å². The van der Waals surface area contributed by atoms with E-state index in [4.69, 9.17) is 0 Å². The zero-order valence-electron chi connectivity index (χ0n) is 9.75. The second-order valence-electron chi connectivity index (χ2n) is 4.97. The maximum atomic E-state index is 3.68. The van der Waals surface area contributed by atoms with Crippen LogP contribution in [0.2, 0.25) is 0 Å². The fraction of sp³-hybridized carbons (Fsp3) is 0.692. The normalized spacial score (nSPS) is 20.1. The van der Waals surface area contributed by atoms with Gasteiger partial charge < -0.3 is 5.32 Å². The fourth-order valence-corrected chi connectivity index (χ4v) is 2.74. The molecule has 1 aromatic heterocycles. The predicted molar refractivity (Wildman–Crippen MR) is 67.4 cm³/mol. The lowest BCUT2D eigenvalue weighted by Crippen LogP contribution is -2.33. The Morgan fingerprint density at radius 2 is 2.33 bits per heavy atom. The van der Waals surface area contributed by atoms with E-state index < -0.39 is 0 Å². The van der Waals surface area contributed by atoms with Gasteiger partial charge >= 0.3 is 0 Å². The average Bonchev–Trinajstić information content (AvgIpc) is 2.86. The van der Waals surface area contributed by atoms with Crippen molar-refractivity contribution in [2.45, 2.75) is 45.6 Å². The van der Waals surface area contributed by atoms with Crippen LogP contribution in [-0.4, -0.2) is 12.6 Å². The summed E-state index contributed by atoms with van der Waals surface area (Å²) in [5, 5.41) is 8.10. The van der Waals surface area contributed by atoms with E-state index in [1.807, 2.05) is 0 Å². The Labute approximate surface area is 96.9 Å². The Morgan fingerprint density at radius 3 is 2.87 bits per heavy atom. The molecule has 84 valence electrons. The summed E-state index contributed by atoms with van der Waals surface area (Å²) in [5.74, 6) is 0. The molecule has 0 bridgehead atoms. The molecule has 1 nitrogen and oxygen atoms in total. The lowest BCUT2D eigenvalue weighted by atomic mass is 10.0. The van der Waals surface area contributed by atoms with Gasteiger partial charge in [0.05, 0.1) is 0 Å². The highest BCUT2D eigenvalue weighted by Gasteiger charge is 2.40. The molecule has 1 N–H and O–H groups in total. The Morgan fingerprint density at radius 1 is 1.53 bits per heavy atom. The monoisotopic (exact) mass is 223 g/mol. The van der Waals surface area contributed by atoms with Gasteiger partial charge in [0.25, 0.3) is 0 Å². The zero-order chi connectivity index (χ0) is 10.7. The van der Waals surface area contributed by atoms with Gasteiger partial charge in [-0.15, -0.1) is 0 Å². The molecule has 0 saturated heterocycles. The van der Waals surface area contributed by atoms with Gasteiger partial charge in [0.1, 0.15) is 0 Å². The van der Waals surface area contributed by atoms with Gasteiger partial charge in [0, 0.05) is 12.6 Å². The van der Waals surface area contributed by atoms with Gasteiger partial charge in [-0.25, -0.2) is 0 Å². The van der Waals surface area contributed by atoms with Gasteiger partial charge in [0.15, 0.2) is 0 Å². The van der Waals surface area contributed by atoms with E-state index in [-0.39, 0.29) is 0 Å². The summed E-state index contributed by atoms with van der Waals surface area (Å²) in [5.41, 5.74) is 2.14. The van der Waals surface area contributed by atoms with Crippen LogP contribution in [-0.2, 0) is 6.42 Å². The molecule has 1 fully saturated rings. The minimum Gasteiger partial charge on any atom is -0.313 e. The molecule has 0 amide bonds. The third-order valence-electron chi connectivity index (χ3n) is 3.65. The smallest absolute Gasteiger partial charge is 0.00796 e. The van der Waals surface area contributed by atoms with Crippen LogP contribution in [0, 0.1) is 5.41 Å². The van der Waals surface area contributed by atoms with E-state index in [0.717, 1.165) is 0 Å². The van der Waals surface area contributed by atoms with Crippen LogP contribution in [0.1, 0.15) is 38.7 Å². The minimum atomic E-state index is 0.614. The van der Waals surface area contributed by atoms with Crippen LogP contribution in [0.5, 0.6) is 0 Å². The van der Waals surface area contributed by atoms with Crippen molar-refractivity contribution in [3.63, 3.8) is 0 Å². The van der Waals surface area contributed by atoms with Crippen molar-refractivity contribution < 1.29 is 0 Å². The quantitative estimate of drug-likeness (QED) is 0.779. The van der Waals surface area contributed by atoms with Gasteiger partial charge in [-0.05, 0) is 60.4 Å². The van der Waals surface area contributed by atoms with Crippen molar-refractivity contribution in [2.24, 2.45) is 5.41 Å². The maximum Gasteiger partial charge on any atom is 0.00796 e. The highest BCUT2D eigenvalue weighted by Crippen LogP contribution is 2.47. The second kappa shape index (κ2) is 4.67. The highest BCUT2D eigenvalue weighted by molar-refractivity contribution is 7.07. The van der Waals surface area contributed by atoms with Gasteiger partial charge in [0.2, 0.25) is 0 Å². The molecule has 2 rings (SSSR count). The third-order valence-corrected chi connectivity index (χ3v) is 4.39. The van der Waals surface area contributed by atoms with E-state index in [0.29, 0.717) is 11.5 Å². The van der Waals surface area contributed by atoms with Crippen LogP contribution >= 0.6 is 11.3 Å². The molecule has 1 atom stereocenters. The van der Waals surface area contributed by atoms with E-state index in [9.17, 15) is 0 Å². The van der Waals surface area contributed by atoms with Crippen molar-refractivity contribution in [1.82, 2.24) is 5.32 Å². The topological polar surface area (TPSA) is 12.0 Å². The molecule has 0 radical (unpaired) electrons. The summed E-state index contributed by atoms with van der Waals surface area (Å²) in [6.45, 7) is 5.83. The largest absolute Gasteiger partial charge is 0.313 e. The molecule has 1 unspecified atom stereocenters. The SMILES string of the molecule is CCC1(CNC(C)Cc2ccsc2)CC1. The summed E-state index contributed by atoms with van der Waals surface area (Å²) in [4.78, 5) is 0. The van der Waals surface area contributed by atoms with Crippen LogP contribution < -0.4 is 5.32 Å². The molecular formula is C13H21NS. The van der Waals surface area contributed by atoms with E-state index >= 15 is 0 Å². The van der Waals surface area contributed by atoms with Crippen molar-refractivity contribution >= 4 is 11.3 Å². The van der Waals surface area contributed by atoms with Crippen LogP contribution in [0.4, 0.5) is 0 Å². The van der Waals surface area contributed by atoms with Crippen molar-refractivity contribution in [2.75, 3.05) is 6.54 Å². The molecule has 2 heteroatoms. The average molecular weight is 223 g/mol. The lowest BCUT2D eigenvalue weighted by Gasteiger charge is -2.18. The first-order chi connectivity index (χ1) is 7.24. The second-order valence-corrected chi connectivity index (χ2v) is 5.75. The van der Waals surface area contributed by atoms with E-state index in [2.05, 4.69) is 36.0 Å². The molecule has 1 saturated carbocycles. The van der Waals surface area contributed by atoms with Crippen molar-refractivity contribution in [1.29, 1.82) is 0 Å². The molecule has 0 aromatic carbocycles. The van der Waals surface area contributed by atoms with Gasteiger partial charge in [-0.2, -0.15) is 11.3 Å². The van der Waals surface area contributed by atoms with E-state index in [1.165, 1.54) is 37.8 Å². The summed E-state index contributed by atoms with van der Waals surface area (Å²) in [7, 11) is 0. The van der Waals surface area contributed by atoms with Crippen LogP contribution in [0.25, 0.3) is 0 Å². The Bertz CT molecular complexity index is 287. The minimum absolute atomic E-state index is 0.614. The first-order valence-electron chi connectivity index (χ1n) is 5.98. The molecule has 1 heterocycles. The highest BCUT2D eigenvalue weighted by atomic mass is 32.1. The van der Waals surface area contributed by atoms with E-state index in [1.54, 1.807) is 11.3 Å². The van der Waals surface area contributed by atoms with Crippen LogP contribution in [0.15, 0.2) is 16.8 Å². The lowest BCUT2D eigenvalue weighted by molar-refractivity contribution is 0.409. The maximum absolute atomic E-state index is 3.68. The number of rotatable bonds is 6. The summed E-state index contributed by atoms with van der Waals surface area (Å²) in [6, 6.07) is 2.85. The molecule has 1 aliphatic carbocycles. The predicted octanol–water partition coefficient (Wildman–Crippen LogP) is 3.46. The number of nitrogens with one attached hydrogen (secondary N) is 1. The molecule has 0 spiro atoms. The summed E-state index contributed by atoms with van der Waals surface area (Å²) >= 11 is 1.79. The molecular weight excluding hydrogens is 202 g/mol. The van der Waals surface area contributed by atoms with Crippen molar-refractivity contribution in [3.05, 3.63) is 22.4 Å². The first kappa shape index (κ1) is 11.2.